The van der Waals surface area contributed by atoms with Crippen LogP contribution in [-0.4, -0.2) is 58.9 Å². The molecule has 1 aromatic heterocycles. The van der Waals surface area contributed by atoms with Crippen molar-refractivity contribution in [1.82, 2.24) is 5.32 Å². The molecule has 3 N–H and O–H groups in total. The maximum atomic E-state index is 13.0. The van der Waals surface area contributed by atoms with Gasteiger partial charge in [-0.3, -0.25) is 13.9 Å². The number of nitrogens with zero attached hydrogens (tertiary/aromatic N) is 1. The van der Waals surface area contributed by atoms with Gasteiger partial charge in [0.05, 0.1) is 30.2 Å². The fraction of sp³-hybridized carbons (Fsp3) is 0.448. The third-order valence-electron chi connectivity index (χ3n) is 6.92. The van der Waals surface area contributed by atoms with Crippen LogP contribution in [0.5, 0.6) is 0 Å². The molecular weight excluding hydrogens is 534 g/mol. The lowest BCUT2D eigenvalue weighted by Gasteiger charge is -2.25. The van der Waals surface area contributed by atoms with Crippen molar-refractivity contribution < 1.29 is 31.9 Å². The van der Waals surface area contributed by atoms with E-state index in [-0.39, 0.29) is 25.0 Å². The molecule has 0 saturated heterocycles. The molecule has 0 bridgehead atoms. The van der Waals surface area contributed by atoms with E-state index < -0.39 is 34.2 Å². The van der Waals surface area contributed by atoms with E-state index in [2.05, 4.69) is 5.32 Å². The first-order valence-corrected chi connectivity index (χ1v) is 15.1. The van der Waals surface area contributed by atoms with Crippen molar-refractivity contribution in [3.63, 3.8) is 0 Å². The van der Waals surface area contributed by atoms with Crippen molar-refractivity contribution in [2.24, 2.45) is 11.7 Å². The largest absolute Gasteiger partial charge is 0.462 e. The SMILES string of the molecule is CNC(=O)c1c(-c2ccc(C)cc2)oc2cc3c(cc12)[C@H](C)O[C@H](COC(=O)[C@@H](N)CC(C)C)CN3S(C)(=O)=O. The van der Waals surface area contributed by atoms with Crippen LogP contribution in [0.3, 0.4) is 0 Å². The first-order chi connectivity index (χ1) is 18.8. The van der Waals surface area contributed by atoms with Gasteiger partial charge in [0.2, 0.25) is 10.0 Å². The van der Waals surface area contributed by atoms with E-state index in [1.165, 1.54) is 4.31 Å². The first-order valence-electron chi connectivity index (χ1n) is 13.2. The molecule has 0 saturated carbocycles. The predicted octanol–water partition coefficient (Wildman–Crippen LogP) is 3.91. The standard InChI is InChI=1S/C29H37N3O7S/c1-16(2)11-23(30)29(34)37-15-20-14-32(40(6,35)36)24-13-25-22(12-21(24)18(4)38-20)26(28(33)31-5)27(39-25)19-9-7-17(3)8-10-19/h7-10,12-13,16,18,20,23H,11,14-15,30H2,1-6H3,(H,31,33)/t18-,20-,23-/m0/s1. The van der Waals surface area contributed by atoms with Gasteiger partial charge in [0, 0.05) is 29.6 Å². The van der Waals surface area contributed by atoms with E-state index in [0.717, 1.165) is 17.4 Å². The lowest BCUT2D eigenvalue weighted by atomic mass is 10.00. The van der Waals surface area contributed by atoms with Gasteiger partial charge < -0.3 is 24.9 Å². The molecule has 0 fully saturated rings. The van der Waals surface area contributed by atoms with Gasteiger partial charge in [-0.2, -0.15) is 0 Å². The highest BCUT2D eigenvalue weighted by atomic mass is 32.2. The second-order valence-corrected chi connectivity index (χ2v) is 12.6. The fourth-order valence-corrected chi connectivity index (χ4v) is 5.88. The molecule has 4 rings (SSSR count). The van der Waals surface area contributed by atoms with E-state index in [9.17, 15) is 18.0 Å². The third-order valence-corrected chi connectivity index (χ3v) is 8.06. The second-order valence-electron chi connectivity index (χ2n) is 10.7. The molecular formula is C29H37N3O7S. The lowest BCUT2D eigenvalue weighted by molar-refractivity contribution is -0.150. The number of anilines is 1. The van der Waals surface area contributed by atoms with Crippen LogP contribution >= 0.6 is 0 Å². The quantitative estimate of drug-likeness (QED) is 0.388. The molecule has 0 spiro atoms. The molecule has 1 amide bonds. The van der Waals surface area contributed by atoms with Crippen molar-refractivity contribution in [2.45, 2.75) is 52.4 Å². The number of amides is 1. The highest BCUT2D eigenvalue weighted by Crippen LogP contribution is 2.42. The predicted molar refractivity (Wildman–Crippen MR) is 154 cm³/mol. The number of rotatable bonds is 8. The van der Waals surface area contributed by atoms with Gasteiger partial charge in [-0.1, -0.05) is 43.7 Å². The van der Waals surface area contributed by atoms with Crippen molar-refractivity contribution in [2.75, 3.05) is 30.8 Å². The Morgan fingerprint density at radius 3 is 2.48 bits per heavy atom. The van der Waals surface area contributed by atoms with Crippen molar-refractivity contribution in [3.8, 4) is 11.3 Å². The highest BCUT2D eigenvalue weighted by Gasteiger charge is 2.34. The molecule has 3 atom stereocenters. The molecule has 0 radical (unpaired) electrons. The average molecular weight is 572 g/mol. The van der Waals surface area contributed by atoms with Crippen LogP contribution in [0.4, 0.5) is 5.69 Å². The number of nitrogens with one attached hydrogen (secondary N) is 1. The summed E-state index contributed by atoms with van der Waals surface area (Å²) in [7, 11) is -2.23. The van der Waals surface area contributed by atoms with E-state index in [0.29, 0.717) is 40.0 Å². The Hall–Kier alpha value is -3.41. The Labute approximate surface area is 234 Å². The summed E-state index contributed by atoms with van der Waals surface area (Å²) in [6, 6.07) is 10.2. The molecule has 11 heteroatoms. The molecule has 3 aromatic rings. The van der Waals surface area contributed by atoms with Gasteiger partial charge in [0.15, 0.2) is 0 Å². The molecule has 10 nitrogen and oxygen atoms in total. The minimum absolute atomic E-state index is 0.0811. The summed E-state index contributed by atoms with van der Waals surface area (Å²) in [5.74, 6) is -0.291. The number of furan rings is 1. The maximum Gasteiger partial charge on any atom is 0.323 e. The number of carbonyl (C=O) groups is 2. The molecule has 40 heavy (non-hydrogen) atoms. The average Bonchev–Trinajstić information content (AvgIpc) is 3.19. The highest BCUT2D eigenvalue weighted by molar-refractivity contribution is 7.92. The summed E-state index contributed by atoms with van der Waals surface area (Å²) < 4.78 is 45.0. The molecule has 1 aliphatic rings. The number of ether oxygens (including phenoxy) is 2. The molecule has 0 aliphatic carbocycles. The van der Waals surface area contributed by atoms with Crippen LogP contribution in [0.25, 0.3) is 22.3 Å². The number of esters is 1. The monoisotopic (exact) mass is 571 g/mol. The van der Waals surface area contributed by atoms with E-state index in [1.807, 2.05) is 45.0 Å². The first kappa shape index (κ1) is 29.6. The fourth-order valence-electron chi connectivity index (χ4n) is 4.93. The number of hydrogen-bond acceptors (Lipinski definition) is 8. The minimum Gasteiger partial charge on any atom is -0.462 e. The summed E-state index contributed by atoms with van der Waals surface area (Å²) in [5.41, 5.74) is 9.37. The number of nitrogens with two attached hydrogens (primary N) is 1. The summed E-state index contributed by atoms with van der Waals surface area (Å²) in [5, 5.41) is 3.21. The summed E-state index contributed by atoms with van der Waals surface area (Å²) >= 11 is 0. The van der Waals surface area contributed by atoms with Gasteiger partial charge in [0.1, 0.15) is 30.1 Å². The van der Waals surface area contributed by atoms with Crippen molar-refractivity contribution >= 4 is 38.6 Å². The Bertz CT molecular complexity index is 1510. The Morgan fingerprint density at radius 1 is 1.20 bits per heavy atom. The molecule has 2 aromatic carbocycles. The second kappa shape index (κ2) is 11.6. The Kier molecular flexibility index (Phi) is 8.57. The van der Waals surface area contributed by atoms with E-state index in [1.54, 1.807) is 26.1 Å². The summed E-state index contributed by atoms with van der Waals surface area (Å²) in [4.78, 5) is 25.5. The van der Waals surface area contributed by atoms with Gasteiger partial charge in [0.25, 0.3) is 5.91 Å². The zero-order chi connectivity index (χ0) is 29.4. The molecule has 0 unspecified atom stereocenters. The van der Waals surface area contributed by atoms with Gasteiger partial charge in [-0.25, -0.2) is 8.42 Å². The molecule has 216 valence electrons. The molecule has 2 heterocycles. The zero-order valence-corrected chi connectivity index (χ0v) is 24.5. The van der Waals surface area contributed by atoms with Crippen molar-refractivity contribution in [3.05, 3.63) is 53.1 Å². The van der Waals surface area contributed by atoms with E-state index >= 15 is 0 Å². The molecule has 1 aliphatic heterocycles. The van der Waals surface area contributed by atoms with Gasteiger partial charge in [-0.15, -0.1) is 0 Å². The van der Waals surface area contributed by atoms with Crippen LogP contribution in [0.1, 0.15) is 54.8 Å². The normalized spacial score (nSPS) is 18.4. The Morgan fingerprint density at radius 2 is 1.88 bits per heavy atom. The number of sulfonamides is 1. The topological polar surface area (TPSA) is 141 Å². The van der Waals surface area contributed by atoms with E-state index in [4.69, 9.17) is 19.6 Å². The van der Waals surface area contributed by atoms with Crippen LogP contribution in [0, 0.1) is 12.8 Å². The van der Waals surface area contributed by atoms with Gasteiger partial charge in [-0.05, 0) is 32.3 Å². The zero-order valence-electron chi connectivity index (χ0n) is 23.7. The minimum atomic E-state index is -3.77. The van der Waals surface area contributed by atoms with Gasteiger partial charge >= 0.3 is 5.97 Å². The third kappa shape index (κ3) is 6.16. The smallest absolute Gasteiger partial charge is 0.323 e. The summed E-state index contributed by atoms with van der Waals surface area (Å²) in [6.45, 7) is 7.43. The number of hydrogen-bond donors (Lipinski definition) is 2. The number of benzene rings is 2. The number of aryl methyl sites for hydroxylation is 1. The van der Waals surface area contributed by atoms with Crippen LogP contribution in [-0.2, 0) is 24.3 Å². The van der Waals surface area contributed by atoms with Crippen molar-refractivity contribution in [1.29, 1.82) is 0 Å². The van der Waals surface area contributed by atoms with Crippen LogP contribution in [0.2, 0.25) is 0 Å². The van der Waals surface area contributed by atoms with Crippen LogP contribution < -0.4 is 15.4 Å². The number of fused-ring (bicyclic) bond motifs is 2. The Balaban J connectivity index is 1.76. The number of carbonyl (C=O) groups excluding carboxylic acids is 2. The van der Waals surface area contributed by atoms with Crippen LogP contribution in [0.15, 0.2) is 40.8 Å². The maximum absolute atomic E-state index is 13.0. The summed E-state index contributed by atoms with van der Waals surface area (Å²) in [6.07, 6.45) is 0.238. The lowest BCUT2D eigenvalue weighted by Crippen LogP contribution is -2.41.